The quantitative estimate of drug-likeness (QED) is 0.382. The van der Waals surface area contributed by atoms with Crippen LogP contribution in [0.2, 0.25) is 0 Å². The smallest absolute Gasteiger partial charge is 0.307 e. The third-order valence-corrected chi connectivity index (χ3v) is 0.717. The number of terminal acetylenes is 1. The number of hydrogen-bond acceptors (Lipinski definition) is 2. The van der Waals surface area contributed by atoms with Crippen molar-refractivity contribution in [1.29, 1.82) is 0 Å². The molecule has 9 heavy (non-hydrogen) atoms. The van der Waals surface area contributed by atoms with Crippen LogP contribution in [0.5, 0.6) is 0 Å². The van der Waals surface area contributed by atoms with Crippen LogP contribution in [0.3, 0.4) is 0 Å². The van der Waals surface area contributed by atoms with Gasteiger partial charge in [0.15, 0.2) is 5.60 Å². The first-order valence-corrected chi connectivity index (χ1v) is 2.50. The average molecular weight is 125 g/mol. The largest absolute Gasteiger partial charge is 0.446 e. The standard InChI is InChI=1S/C7H9O2/c1-5-7(3,4)9-6(2)8/h1H,2H2,3-4H3. The molecule has 0 saturated carbocycles. The molecule has 0 aliphatic carbocycles. The topological polar surface area (TPSA) is 26.3 Å². The fourth-order valence-electron chi connectivity index (χ4n) is 0.314. The maximum Gasteiger partial charge on any atom is 0.307 e. The number of esters is 1. The zero-order chi connectivity index (χ0) is 7.49. The molecule has 0 aliphatic heterocycles. The lowest BCUT2D eigenvalue weighted by atomic mass is 10.1. The highest BCUT2D eigenvalue weighted by atomic mass is 16.6. The molecule has 0 rings (SSSR count). The molecule has 2 nitrogen and oxygen atoms in total. The number of carbonyl (C=O) groups is 1. The lowest BCUT2D eigenvalue weighted by Gasteiger charge is -2.16. The van der Waals surface area contributed by atoms with Crippen LogP contribution in [0.15, 0.2) is 0 Å². The SMILES string of the molecule is C#CC(C)(C)OC([CH2])=O. The minimum absolute atomic E-state index is 0.599. The van der Waals surface area contributed by atoms with Gasteiger partial charge in [0.05, 0.1) is 6.92 Å². The lowest BCUT2D eigenvalue weighted by molar-refractivity contribution is -0.145. The average Bonchev–Trinajstić information content (AvgIpc) is 1.63. The Morgan fingerprint density at radius 2 is 2.22 bits per heavy atom. The van der Waals surface area contributed by atoms with Crippen molar-refractivity contribution in [2.24, 2.45) is 0 Å². The zero-order valence-electron chi connectivity index (χ0n) is 5.60. The molecular formula is C7H9O2. The molecule has 0 spiro atoms. The molecule has 0 unspecified atom stereocenters. The molecule has 0 aromatic rings. The summed E-state index contributed by atoms with van der Waals surface area (Å²) < 4.78 is 4.60. The van der Waals surface area contributed by atoms with Crippen LogP contribution in [-0.4, -0.2) is 11.6 Å². The van der Waals surface area contributed by atoms with Gasteiger partial charge in [0, 0.05) is 0 Å². The molecule has 0 amide bonds. The van der Waals surface area contributed by atoms with Gasteiger partial charge in [-0.2, -0.15) is 0 Å². The summed E-state index contributed by atoms with van der Waals surface area (Å²) in [5, 5.41) is 0. The fraction of sp³-hybridized carbons (Fsp3) is 0.429. The zero-order valence-corrected chi connectivity index (χ0v) is 5.60. The number of carbonyl (C=O) groups excluding carboxylic acids is 1. The predicted molar refractivity (Wildman–Crippen MR) is 34.4 cm³/mol. The van der Waals surface area contributed by atoms with Gasteiger partial charge in [-0.1, -0.05) is 5.92 Å². The highest BCUT2D eigenvalue weighted by Crippen LogP contribution is 2.05. The Labute approximate surface area is 55.2 Å². The molecule has 0 aromatic carbocycles. The lowest BCUT2D eigenvalue weighted by Crippen LogP contribution is -2.24. The van der Waals surface area contributed by atoms with Crippen molar-refractivity contribution >= 4 is 5.97 Å². The summed E-state index contributed by atoms with van der Waals surface area (Å²) in [6, 6.07) is 0. The van der Waals surface area contributed by atoms with Crippen LogP contribution in [0.1, 0.15) is 13.8 Å². The molecule has 1 radical (unpaired) electrons. The number of hydrogen-bond donors (Lipinski definition) is 0. The van der Waals surface area contributed by atoms with Gasteiger partial charge in [-0.25, -0.2) is 0 Å². The second kappa shape index (κ2) is 2.54. The Morgan fingerprint density at radius 3 is 2.33 bits per heavy atom. The van der Waals surface area contributed by atoms with Crippen molar-refractivity contribution in [3.63, 3.8) is 0 Å². The van der Waals surface area contributed by atoms with Gasteiger partial charge < -0.3 is 4.74 Å². The van der Waals surface area contributed by atoms with Gasteiger partial charge in [0.25, 0.3) is 0 Å². The van der Waals surface area contributed by atoms with E-state index in [0.29, 0.717) is 0 Å². The fourth-order valence-corrected chi connectivity index (χ4v) is 0.314. The van der Waals surface area contributed by atoms with E-state index in [9.17, 15) is 4.79 Å². The summed E-state index contributed by atoms with van der Waals surface area (Å²) in [5.41, 5.74) is -0.821. The number of ether oxygens (including phenoxy) is 1. The molecule has 0 atom stereocenters. The van der Waals surface area contributed by atoms with Crippen molar-refractivity contribution in [3.05, 3.63) is 6.92 Å². The Kier molecular flexibility index (Phi) is 2.27. The van der Waals surface area contributed by atoms with Gasteiger partial charge in [0.2, 0.25) is 0 Å². The van der Waals surface area contributed by atoms with E-state index in [2.05, 4.69) is 17.6 Å². The van der Waals surface area contributed by atoms with Crippen molar-refractivity contribution < 1.29 is 9.53 Å². The molecule has 0 bridgehead atoms. The maximum atomic E-state index is 10.2. The summed E-state index contributed by atoms with van der Waals surface area (Å²) in [5.74, 6) is 1.69. The molecule has 0 N–H and O–H groups in total. The third-order valence-electron chi connectivity index (χ3n) is 0.717. The second-order valence-corrected chi connectivity index (χ2v) is 2.13. The molecule has 0 heterocycles. The van der Waals surface area contributed by atoms with Crippen molar-refractivity contribution in [1.82, 2.24) is 0 Å². The minimum Gasteiger partial charge on any atom is -0.446 e. The summed E-state index contributed by atoms with van der Waals surface area (Å²) in [4.78, 5) is 10.2. The molecule has 0 fully saturated rings. The van der Waals surface area contributed by atoms with Crippen LogP contribution in [0.25, 0.3) is 0 Å². The van der Waals surface area contributed by atoms with E-state index in [4.69, 9.17) is 6.42 Å². The number of rotatable bonds is 1. The van der Waals surface area contributed by atoms with Gasteiger partial charge in [0.1, 0.15) is 0 Å². The van der Waals surface area contributed by atoms with Crippen molar-refractivity contribution in [2.75, 3.05) is 0 Å². The minimum atomic E-state index is -0.821. The summed E-state index contributed by atoms with van der Waals surface area (Å²) in [6.07, 6.45) is 5.00. The summed E-state index contributed by atoms with van der Waals surface area (Å²) >= 11 is 0. The molecule has 0 aromatic heterocycles. The molecule has 0 saturated heterocycles. The van der Waals surface area contributed by atoms with E-state index < -0.39 is 11.6 Å². The Morgan fingerprint density at radius 1 is 1.78 bits per heavy atom. The van der Waals surface area contributed by atoms with E-state index in [0.717, 1.165) is 0 Å². The first-order valence-electron chi connectivity index (χ1n) is 2.50. The highest BCUT2D eigenvalue weighted by molar-refractivity contribution is 5.74. The van der Waals surface area contributed by atoms with Gasteiger partial charge in [-0.3, -0.25) is 4.79 Å². The van der Waals surface area contributed by atoms with E-state index in [1.165, 1.54) is 0 Å². The van der Waals surface area contributed by atoms with E-state index in [1.807, 2.05) is 0 Å². The Hall–Kier alpha value is -0.970. The van der Waals surface area contributed by atoms with Crippen LogP contribution in [0, 0.1) is 19.3 Å². The first kappa shape index (κ1) is 8.03. The van der Waals surface area contributed by atoms with Crippen molar-refractivity contribution in [2.45, 2.75) is 19.4 Å². The van der Waals surface area contributed by atoms with Gasteiger partial charge >= 0.3 is 5.97 Å². The van der Waals surface area contributed by atoms with Crippen LogP contribution in [0.4, 0.5) is 0 Å². The molecule has 49 valence electrons. The normalized spacial score (nSPS) is 10.0. The monoisotopic (exact) mass is 125 g/mol. The maximum absolute atomic E-state index is 10.2. The van der Waals surface area contributed by atoms with Gasteiger partial charge in [-0.05, 0) is 13.8 Å². The van der Waals surface area contributed by atoms with Crippen LogP contribution < -0.4 is 0 Å². The van der Waals surface area contributed by atoms with Crippen LogP contribution in [-0.2, 0) is 9.53 Å². The Bertz CT molecular complexity index is 151. The first-order chi connectivity index (χ1) is 3.98. The molecular weight excluding hydrogens is 116 g/mol. The van der Waals surface area contributed by atoms with E-state index in [1.54, 1.807) is 13.8 Å². The highest BCUT2D eigenvalue weighted by Gasteiger charge is 2.15. The summed E-state index contributed by atoms with van der Waals surface area (Å²) in [6.45, 7) is 6.26. The van der Waals surface area contributed by atoms with Crippen molar-refractivity contribution in [3.8, 4) is 12.3 Å². The Balaban J connectivity index is 3.91. The summed E-state index contributed by atoms with van der Waals surface area (Å²) in [7, 11) is 0. The molecule has 2 heteroatoms. The van der Waals surface area contributed by atoms with E-state index in [-0.39, 0.29) is 0 Å². The van der Waals surface area contributed by atoms with Crippen LogP contribution >= 0.6 is 0 Å². The van der Waals surface area contributed by atoms with Gasteiger partial charge in [-0.15, -0.1) is 6.42 Å². The predicted octanol–water partition coefficient (Wildman–Crippen LogP) is 0.775. The second-order valence-electron chi connectivity index (χ2n) is 2.13. The van der Waals surface area contributed by atoms with E-state index >= 15 is 0 Å². The molecule has 0 aliphatic rings. The third kappa shape index (κ3) is 3.60.